The predicted molar refractivity (Wildman–Crippen MR) is 105 cm³/mol. The van der Waals surface area contributed by atoms with E-state index in [1.807, 2.05) is 0 Å². The third-order valence-corrected chi connectivity index (χ3v) is 6.49. The Morgan fingerprint density at radius 3 is 2.75 bits per heavy atom. The lowest BCUT2D eigenvalue weighted by Crippen LogP contribution is -2.38. The fourth-order valence-electron chi connectivity index (χ4n) is 3.12. The van der Waals surface area contributed by atoms with Gasteiger partial charge in [-0.3, -0.25) is 15.0 Å². The van der Waals surface area contributed by atoms with Crippen LogP contribution in [0.15, 0.2) is 28.6 Å². The van der Waals surface area contributed by atoms with E-state index in [0.717, 1.165) is 60.9 Å². The summed E-state index contributed by atoms with van der Waals surface area (Å²) < 4.78 is 28.3. The van der Waals surface area contributed by atoms with E-state index < -0.39 is 23.6 Å². The number of nitrogens with one attached hydrogen (secondary N) is 1. The summed E-state index contributed by atoms with van der Waals surface area (Å²) in [6, 6.07) is 2.59. The van der Waals surface area contributed by atoms with Crippen LogP contribution in [0.4, 0.5) is 24.4 Å². The average Bonchev–Trinajstić information content (AvgIpc) is 3.30. The largest absolute Gasteiger partial charge is 0.481 e. The number of hydrogen-bond acceptors (Lipinski definition) is 5. The van der Waals surface area contributed by atoms with E-state index in [4.69, 9.17) is 5.11 Å². The van der Waals surface area contributed by atoms with Gasteiger partial charge in [-0.25, -0.2) is 18.6 Å². The van der Waals surface area contributed by atoms with Crippen LogP contribution in [0.5, 0.6) is 0 Å². The number of urea groups is 1. The first kappa shape index (κ1) is 20.5. The second-order valence-electron chi connectivity index (χ2n) is 6.45. The van der Waals surface area contributed by atoms with Crippen molar-refractivity contribution in [2.75, 3.05) is 22.5 Å². The zero-order valence-corrected chi connectivity index (χ0v) is 16.5. The standard InChI is InChI=1S/C18H19F2N3O3S2/c19-12-5-6-14(13(20)7-12)23(9-11-3-1-2-4-11)18(26)22-17-21-8-16(28-17)27-10-15(24)25/h5-8,11H,1-4,9-10H2,(H,24,25)(H,21,22,26). The van der Waals surface area contributed by atoms with Gasteiger partial charge in [0.2, 0.25) is 0 Å². The summed E-state index contributed by atoms with van der Waals surface area (Å²) >= 11 is 2.24. The lowest BCUT2D eigenvalue weighted by molar-refractivity contribution is -0.133. The number of carbonyl (C=O) groups is 2. The Bertz CT molecular complexity index is 856. The fourth-order valence-corrected chi connectivity index (χ4v) is 4.70. The van der Waals surface area contributed by atoms with Gasteiger partial charge in [0.1, 0.15) is 11.6 Å². The van der Waals surface area contributed by atoms with Crippen molar-refractivity contribution in [2.45, 2.75) is 29.9 Å². The number of carbonyl (C=O) groups excluding carboxylic acids is 1. The number of rotatable bonds is 7. The van der Waals surface area contributed by atoms with Gasteiger partial charge in [-0.1, -0.05) is 24.2 Å². The molecule has 3 rings (SSSR count). The van der Waals surface area contributed by atoms with Crippen LogP contribution >= 0.6 is 23.1 Å². The Labute approximate surface area is 169 Å². The first-order valence-electron chi connectivity index (χ1n) is 8.76. The molecule has 1 saturated carbocycles. The molecule has 1 fully saturated rings. The minimum atomic E-state index is -0.946. The highest BCUT2D eigenvalue weighted by Gasteiger charge is 2.26. The van der Waals surface area contributed by atoms with Crippen LogP contribution in [0.1, 0.15) is 25.7 Å². The van der Waals surface area contributed by atoms with Crippen molar-refractivity contribution in [2.24, 2.45) is 5.92 Å². The van der Waals surface area contributed by atoms with Gasteiger partial charge in [-0.2, -0.15) is 0 Å². The Balaban J connectivity index is 1.75. The summed E-state index contributed by atoms with van der Waals surface area (Å²) in [5.74, 6) is -2.30. The second kappa shape index (κ2) is 9.33. The zero-order chi connectivity index (χ0) is 20.1. The number of carboxylic acids is 1. The molecule has 0 saturated heterocycles. The number of aliphatic carboxylic acids is 1. The number of thiazole rings is 1. The van der Waals surface area contributed by atoms with E-state index in [0.29, 0.717) is 10.8 Å². The average molecular weight is 427 g/mol. The number of thioether (sulfide) groups is 1. The predicted octanol–water partition coefficient (Wildman–Crippen LogP) is 4.83. The summed E-state index contributed by atoms with van der Waals surface area (Å²) in [7, 11) is 0. The number of amides is 2. The van der Waals surface area contributed by atoms with E-state index in [1.54, 1.807) is 0 Å². The highest BCUT2D eigenvalue weighted by molar-refractivity contribution is 8.01. The lowest BCUT2D eigenvalue weighted by atomic mass is 10.1. The number of benzene rings is 1. The van der Waals surface area contributed by atoms with Crippen LogP contribution in [0.25, 0.3) is 0 Å². The van der Waals surface area contributed by atoms with Crippen molar-refractivity contribution >= 4 is 45.9 Å². The molecule has 150 valence electrons. The molecule has 10 heteroatoms. The number of anilines is 2. The van der Waals surface area contributed by atoms with Crippen molar-refractivity contribution in [1.29, 1.82) is 0 Å². The van der Waals surface area contributed by atoms with Crippen LogP contribution in [-0.4, -0.2) is 34.4 Å². The molecule has 0 unspecified atom stereocenters. The molecular formula is C18H19F2N3O3S2. The topological polar surface area (TPSA) is 82.5 Å². The Morgan fingerprint density at radius 2 is 2.07 bits per heavy atom. The monoisotopic (exact) mass is 427 g/mol. The smallest absolute Gasteiger partial charge is 0.328 e. The maximum atomic E-state index is 14.3. The van der Waals surface area contributed by atoms with Gasteiger partial charge < -0.3 is 5.11 Å². The molecule has 6 nitrogen and oxygen atoms in total. The van der Waals surface area contributed by atoms with E-state index in [-0.39, 0.29) is 22.5 Å². The van der Waals surface area contributed by atoms with Crippen LogP contribution < -0.4 is 10.2 Å². The molecule has 1 aromatic carbocycles. The van der Waals surface area contributed by atoms with Crippen LogP contribution in [0.2, 0.25) is 0 Å². The number of hydrogen-bond donors (Lipinski definition) is 2. The number of nitrogens with zero attached hydrogens (tertiary/aromatic N) is 2. The molecule has 2 amide bonds. The molecule has 2 aromatic rings. The van der Waals surface area contributed by atoms with E-state index in [2.05, 4.69) is 10.3 Å². The summed E-state index contributed by atoms with van der Waals surface area (Å²) in [6.07, 6.45) is 5.54. The van der Waals surface area contributed by atoms with Crippen molar-refractivity contribution in [3.05, 3.63) is 36.0 Å². The summed E-state index contributed by atoms with van der Waals surface area (Å²) in [6.45, 7) is 0.334. The minimum Gasteiger partial charge on any atom is -0.481 e. The maximum absolute atomic E-state index is 14.3. The third kappa shape index (κ3) is 5.41. The summed E-state index contributed by atoms with van der Waals surface area (Å²) in [5, 5.41) is 11.7. The molecule has 28 heavy (non-hydrogen) atoms. The van der Waals surface area contributed by atoms with Gasteiger partial charge in [-0.05, 0) is 30.9 Å². The van der Waals surface area contributed by atoms with Crippen LogP contribution in [0.3, 0.4) is 0 Å². The van der Waals surface area contributed by atoms with E-state index in [9.17, 15) is 18.4 Å². The molecule has 0 aliphatic heterocycles. The van der Waals surface area contributed by atoms with E-state index in [1.165, 1.54) is 17.2 Å². The quantitative estimate of drug-likeness (QED) is 0.619. The molecule has 0 radical (unpaired) electrons. The minimum absolute atomic E-state index is 0.0165. The van der Waals surface area contributed by atoms with E-state index >= 15 is 0 Å². The number of carboxylic acid groups (broad SMARTS) is 1. The van der Waals surface area contributed by atoms with Crippen LogP contribution in [0, 0.1) is 17.6 Å². The van der Waals surface area contributed by atoms with Gasteiger partial charge in [0.25, 0.3) is 0 Å². The molecule has 0 spiro atoms. The van der Waals surface area contributed by atoms with Crippen molar-refractivity contribution in [1.82, 2.24) is 4.98 Å². The molecule has 0 bridgehead atoms. The van der Waals surface area contributed by atoms with Gasteiger partial charge >= 0.3 is 12.0 Å². The molecule has 0 atom stereocenters. The summed E-state index contributed by atoms with van der Waals surface area (Å²) in [5.41, 5.74) is 0.0165. The number of halogens is 2. The number of aromatic nitrogens is 1. The molecule has 2 N–H and O–H groups in total. The van der Waals surface area contributed by atoms with Crippen molar-refractivity contribution in [3.63, 3.8) is 0 Å². The molecule has 1 aliphatic carbocycles. The van der Waals surface area contributed by atoms with Gasteiger partial charge in [-0.15, -0.1) is 11.8 Å². The normalized spacial score (nSPS) is 14.2. The molecule has 1 heterocycles. The zero-order valence-electron chi connectivity index (χ0n) is 14.9. The highest BCUT2D eigenvalue weighted by atomic mass is 32.2. The van der Waals surface area contributed by atoms with Crippen molar-refractivity contribution in [3.8, 4) is 0 Å². The molecule has 1 aromatic heterocycles. The summed E-state index contributed by atoms with van der Waals surface area (Å²) in [4.78, 5) is 28.8. The Morgan fingerprint density at radius 1 is 1.32 bits per heavy atom. The molecule has 1 aliphatic rings. The fraction of sp³-hybridized carbons (Fsp3) is 0.389. The van der Waals surface area contributed by atoms with Gasteiger partial charge in [0.05, 0.1) is 21.8 Å². The Hall–Kier alpha value is -2.20. The first-order chi connectivity index (χ1) is 13.4. The SMILES string of the molecule is O=C(O)CSc1cnc(NC(=O)N(CC2CCCC2)c2ccc(F)cc2F)s1. The highest BCUT2D eigenvalue weighted by Crippen LogP contribution is 2.31. The first-order valence-corrected chi connectivity index (χ1v) is 10.6. The lowest BCUT2D eigenvalue weighted by Gasteiger charge is -2.26. The van der Waals surface area contributed by atoms with Crippen LogP contribution in [-0.2, 0) is 4.79 Å². The Kier molecular flexibility index (Phi) is 6.84. The van der Waals surface area contributed by atoms with Gasteiger partial charge in [0, 0.05) is 12.6 Å². The molecular weight excluding hydrogens is 408 g/mol. The van der Waals surface area contributed by atoms with Crippen molar-refractivity contribution < 1.29 is 23.5 Å². The van der Waals surface area contributed by atoms with Gasteiger partial charge in [0.15, 0.2) is 5.13 Å². The third-order valence-electron chi connectivity index (χ3n) is 4.40. The second-order valence-corrected chi connectivity index (χ2v) is 8.76. The maximum Gasteiger partial charge on any atom is 0.328 e.